The predicted octanol–water partition coefficient (Wildman–Crippen LogP) is 3.88. The Hall–Kier alpha value is -2.71. The zero-order valence-corrected chi connectivity index (χ0v) is 15.0. The molecule has 2 rings (SSSR count). The van der Waals surface area contributed by atoms with Crippen molar-refractivity contribution in [3.63, 3.8) is 0 Å². The molecule has 0 heterocycles. The molecule has 144 valence electrons. The number of methoxy groups -OCH3 is 1. The van der Waals surface area contributed by atoms with Crippen molar-refractivity contribution < 1.29 is 32.6 Å². The Labute approximate surface area is 159 Å². The second-order valence-corrected chi connectivity index (χ2v) is 5.69. The van der Waals surface area contributed by atoms with Crippen molar-refractivity contribution in [2.24, 2.45) is 0 Å². The zero-order valence-electron chi connectivity index (χ0n) is 14.2. The van der Waals surface area contributed by atoms with Crippen LogP contribution in [0.15, 0.2) is 42.5 Å². The number of alkyl halides is 2. The maximum absolute atomic E-state index is 12.2. The number of esters is 1. The van der Waals surface area contributed by atoms with E-state index in [2.05, 4.69) is 10.1 Å². The third-order valence-electron chi connectivity index (χ3n) is 3.27. The van der Waals surface area contributed by atoms with E-state index in [0.717, 1.165) is 5.56 Å². The first-order chi connectivity index (χ1) is 12.9. The highest BCUT2D eigenvalue weighted by molar-refractivity contribution is 6.32. The summed E-state index contributed by atoms with van der Waals surface area (Å²) < 4.78 is 38.5. The first-order valence-electron chi connectivity index (χ1n) is 7.68. The molecule has 0 aromatic heterocycles. The first kappa shape index (κ1) is 20.6. The highest BCUT2D eigenvalue weighted by Gasteiger charge is 2.13. The molecule has 0 saturated carbocycles. The van der Waals surface area contributed by atoms with E-state index in [1.54, 1.807) is 31.4 Å². The first-order valence-corrected chi connectivity index (χ1v) is 8.06. The molecular formula is C18H16ClF2NO5. The van der Waals surface area contributed by atoms with Crippen LogP contribution in [-0.4, -0.2) is 32.2 Å². The van der Waals surface area contributed by atoms with Crippen LogP contribution < -0.4 is 10.1 Å². The van der Waals surface area contributed by atoms with Crippen LogP contribution in [-0.2, 0) is 20.9 Å². The molecule has 0 spiro atoms. The van der Waals surface area contributed by atoms with Gasteiger partial charge in [-0.15, -0.1) is 0 Å². The Morgan fingerprint density at radius 3 is 2.44 bits per heavy atom. The van der Waals surface area contributed by atoms with Crippen molar-refractivity contribution in [3.8, 4) is 5.75 Å². The Bertz CT molecular complexity index is 799. The minimum absolute atomic E-state index is 0.0961. The quantitative estimate of drug-likeness (QED) is 0.682. The molecule has 27 heavy (non-hydrogen) atoms. The molecule has 0 radical (unpaired) electrons. The van der Waals surface area contributed by atoms with Crippen molar-refractivity contribution >= 4 is 29.2 Å². The van der Waals surface area contributed by atoms with Gasteiger partial charge in [0.1, 0.15) is 5.75 Å². The lowest BCUT2D eigenvalue weighted by molar-refractivity contribution is -0.119. The van der Waals surface area contributed by atoms with Crippen LogP contribution in [0.25, 0.3) is 0 Å². The van der Waals surface area contributed by atoms with Crippen LogP contribution in [0.5, 0.6) is 5.75 Å². The van der Waals surface area contributed by atoms with E-state index < -0.39 is 25.1 Å². The number of hydrogen-bond donors (Lipinski definition) is 1. The molecule has 0 aliphatic carbocycles. The maximum Gasteiger partial charge on any atom is 0.387 e. The number of halogens is 3. The lowest BCUT2D eigenvalue weighted by atomic mass is 10.1. The number of ether oxygens (including phenoxy) is 3. The van der Waals surface area contributed by atoms with E-state index in [1.807, 2.05) is 0 Å². The number of amides is 1. The summed E-state index contributed by atoms with van der Waals surface area (Å²) >= 11 is 5.80. The monoisotopic (exact) mass is 399 g/mol. The van der Waals surface area contributed by atoms with Crippen LogP contribution in [0.2, 0.25) is 5.02 Å². The molecule has 0 unspecified atom stereocenters. The molecule has 0 atom stereocenters. The van der Waals surface area contributed by atoms with Crippen LogP contribution in [0.4, 0.5) is 14.5 Å². The van der Waals surface area contributed by atoms with Gasteiger partial charge in [0.2, 0.25) is 0 Å². The van der Waals surface area contributed by atoms with Gasteiger partial charge in [-0.1, -0.05) is 23.7 Å². The van der Waals surface area contributed by atoms with Crippen LogP contribution in [0.1, 0.15) is 15.9 Å². The van der Waals surface area contributed by atoms with E-state index in [0.29, 0.717) is 12.2 Å². The SMILES string of the molecule is COCc1ccc(C(=O)OCC(=O)Nc2ccc(OC(F)F)c(Cl)c2)cc1. The number of rotatable bonds is 8. The summed E-state index contributed by atoms with van der Waals surface area (Å²) in [6.45, 7) is -3.11. The van der Waals surface area contributed by atoms with Gasteiger partial charge in [0.25, 0.3) is 5.91 Å². The summed E-state index contributed by atoms with van der Waals surface area (Å²) in [6.07, 6.45) is 0. The van der Waals surface area contributed by atoms with Gasteiger partial charge in [-0.3, -0.25) is 4.79 Å². The van der Waals surface area contributed by atoms with Crippen LogP contribution in [0, 0.1) is 0 Å². The number of hydrogen-bond acceptors (Lipinski definition) is 5. The summed E-state index contributed by atoms with van der Waals surface area (Å²) in [5.74, 6) is -1.49. The zero-order chi connectivity index (χ0) is 19.8. The second-order valence-electron chi connectivity index (χ2n) is 5.28. The van der Waals surface area contributed by atoms with E-state index >= 15 is 0 Å². The standard InChI is InChI=1S/C18H16ClF2NO5/c1-25-9-11-2-4-12(5-3-11)17(24)26-10-16(23)22-13-6-7-15(14(19)8-13)27-18(20)21/h2-8,18H,9-10H2,1H3,(H,22,23). The summed E-state index contributed by atoms with van der Waals surface area (Å²) in [4.78, 5) is 23.8. The van der Waals surface area contributed by atoms with Gasteiger partial charge in [-0.25, -0.2) is 4.79 Å². The highest BCUT2D eigenvalue weighted by atomic mass is 35.5. The molecule has 0 bridgehead atoms. The molecular weight excluding hydrogens is 384 g/mol. The van der Waals surface area contributed by atoms with Crippen molar-refractivity contribution in [1.29, 1.82) is 0 Å². The van der Waals surface area contributed by atoms with E-state index in [-0.39, 0.29) is 16.5 Å². The normalized spacial score (nSPS) is 10.6. The predicted molar refractivity (Wildman–Crippen MR) is 94.2 cm³/mol. The van der Waals surface area contributed by atoms with Crippen molar-refractivity contribution in [1.82, 2.24) is 0 Å². The van der Waals surface area contributed by atoms with Crippen molar-refractivity contribution in [2.45, 2.75) is 13.2 Å². The molecule has 0 aliphatic heterocycles. The van der Waals surface area contributed by atoms with Gasteiger partial charge >= 0.3 is 12.6 Å². The topological polar surface area (TPSA) is 73.9 Å². The molecule has 2 aromatic rings. The van der Waals surface area contributed by atoms with Gasteiger partial charge in [0, 0.05) is 12.8 Å². The Morgan fingerprint density at radius 2 is 1.85 bits per heavy atom. The fourth-order valence-corrected chi connectivity index (χ4v) is 2.31. The fourth-order valence-electron chi connectivity index (χ4n) is 2.09. The van der Waals surface area contributed by atoms with E-state index in [4.69, 9.17) is 21.1 Å². The average molecular weight is 400 g/mol. The summed E-state index contributed by atoms with van der Waals surface area (Å²) in [6, 6.07) is 10.3. The molecule has 1 amide bonds. The number of carbonyl (C=O) groups is 2. The Morgan fingerprint density at radius 1 is 1.15 bits per heavy atom. The molecule has 0 fully saturated rings. The van der Waals surface area contributed by atoms with Gasteiger partial charge in [0.15, 0.2) is 6.61 Å². The highest BCUT2D eigenvalue weighted by Crippen LogP contribution is 2.28. The van der Waals surface area contributed by atoms with E-state index in [1.165, 1.54) is 18.2 Å². The fraction of sp³-hybridized carbons (Fsp3) is 0.222. The molecule has 1 N–H and O–H groups in total. The average Bonchev–Trinajstić information content (AvgIpc) is 2.62. The van der Waals surface area contributed by atoms with Crippen LogP contribution >= 0.6 is 11.6 Å². The number of benzene rings is 2. The molecule has 6 nitrogen and oxygen atoms in total. The van der Waals surface area contributed by atoms with E-state index in [9.17, 15) is 18.4 Å². The van der Waals surface area contributed by atoms with Gasteiger partial charge in [-0.05, 0) is 35.9 Å². The molecule has 0 saturated heterocycles. The minimum Gasteiger partial charge on any atom is -0.452 e. The van der Waals surface area contributed by atoms with Crippen molar-refractivity contribution in [3.05, 3.63) is 58.6 Å². The number of anilines is 1. The molecule has 9 heteroatoms. The van der Waals surface area contributed by atoms with Gasteiger partial charge in [0.05, 0.1) is 17.2 Å². The van der Waals surface area contributed by atoms with Crippen molar-refractivity contribution in [2.75, 3.05) is 19.0 Å². The van der Waals surface area contributed by atoms with Gasteiger partial charge < -0.3 is 19.5 Å². The minimum atomic E-state index is -3.01. The maximum atomic E-state index is 12.2. The smallest absolute Gasteiger partial charge is 0.387 e. The summed E-state index contributed by atoms with van der Waals surface area (Å²) in [7, 11) is 1.56. The Balaban J connectivity index is 1.86. The number of nitrogens with one attached hydrogen (secondary N) is 1. The largest absolute Gasteiger partial charge is 0.452 e. The Kier molecular flexibility index (Phi) is 7.51. The third kappa shape index (κ3) is 6.50. The third-order valence-corrected chi connectivity index (χ3v) is 3.56. The second kappa shape index (κ2) is 9.84. The number of carbonyl (C=O) groups excluding carboxylic acids is 2. The molecule has 0 aliphatic rings. The lowest BCUT2D eigenvalue weighted by Gasteiger charge is -2.10. The molecule has 2 aromatic carbocycles. The summed E-state index contributed by atoms with van der Waals surface area (Å²) in [5.41, 5.74) is 1.42. The summed E-state index contributed by atoms with van der Waals surface area (Å²) in [5, 5.41) is 2.34. The van der Waals surface area contributed by atoms with Crippen LogP contribution in [0.3, 0.4) is 0 Å². The van der Waals surface area contributed by atoms with Gasteiger partial charge in [-0.2, -0.15) is 8.78 Å². The lowest BCUT2D eigenvalue weighted by Crippen LogP contribution is -2.21.